The molecule has 96 valence electrons. The maximum absolute atomic E-state index is 11.6. The van der Waals surface area contributed by atoms with Crippen LogP contribution in [0.3, 0.4) is 0 Å². The number of carbonyl (C=O) groups is 1. The van der Waals surface area contributed by atoms with Gasteiger partial charge in [-0.2, -0.15) is 5.26 Å². The zero-order valence-electron chi connectivity index (χ0n) is 10.5. The molecular formula is C12H22N4O. The summed E-state index contributed by atoms with van der Waals surface area (Å²) in [5.41, 5.74) is 5.68. The van der Waals surface area contributed by atoms with E-state index in [1.165, 1.54) is 0 Å². The van der Waals surface area contributed by atoms with Crippen molar-refractivity contribution in [2.45, 2.75) is 32.2 Å². The topological polar surface area (TPSA) is 82.2 Å². The van der Waals surface area contributed by atoms with E-state index in [9.17, 15) is 4.79 Å². The van der Waals surface area contributed by atoms with Gasteiger partial charge in [-0.05, 0) is 32.2 Å². The molecule has 0 aromatic rings. The molecule has 1 aliphatic heterocycles. The molecule has 2 unspecified atom stereocenters. The number of hydrogen-bond acceptors (Lipinski definition) is 4. The summed E-state index contributed by atoms with van der Waals surface area (Å²) in [6, 6.07) is 2.45. The molecule has 0 bridgehead atoms. The average Bonchev–Trinajstić information content (AvgIpc) is 2.32. The molecule has 0 aromatic heterocycles. The Bertz CT molecular complexity index is 287. The SMILES string of the molecule is CC1CCC(CN)CN1CC(=O)NCCC#N. The number of nitriles is 1. The average molecular weight is 238 g/mol. The second kappa shape index (κ2) is 7.25. The van der Waals surface area contributed by atoms with E-state index in [-0.39, 0.29) is 5.91 Å². The highest BCUT2D eigenvalue weighted by Crippen LogP contribution is 2.20. The number of piperidine rings is 1. The van der Waals surface area contributed by atoms with Crippen LogP contribution in [-0.4, -0.2) is 43.0 Å². The van der Waals surface area contributed by atoms with E-state index in [0.29, 0.717) is 38.0 Å². The molecule has 1 rings (SSSR count). The van der Waals surface area contributed by atoms with Crippen LogP contribution in [0.1, 0.15) is 26.2 Å². The molecule has 1 fully saturated rings. The molecule has 5 heteroatoms. The Hall–Kier alpha value is -1.12. The quantitative estimate of drug-likeness (QED) is 0.664. The van der Waals surface area contributed by atoms with Crippen molar-refractivity contribution < 1.29 is 4.79 Å². The lowest BCUT2D eigenvalue weighted by molar-refractivity contribution is -0.123. The van der Waals surface area contributed by atoms with Crippen LogP contribution in [0, 0.1) is 17.2 Å². The van der Waals surface area contributed by atoms with Crippen molar-refractivity contribution in [3.63, 3.8) is 0 Å². The van der Waals surface area contributed by atoms with Crippen LogP contribution in [0.2, 0.25) is 0 Å². The number of nitrogens with two attached hydrogens (primary N) is 1. The van der Waals surface area contributed by atoms with E-state index in [1.54, 1.807) is 0 Å². The van der Waals surface area contributed by atoms with Crippen LogP contribution in [0.4, 0.5) is 0 Å². The Morgan fingerprint density at radius 3 is 3.00 bits per heavy atom. The van der Waals surface area contributed by atoms with E-state index >= 15 is 0 Å². The summed E-state index contributed by atoms with van der Waals surface area (Å²) >= 11 is 0. The largest absolute Gasteiger partial charge is 0.354 e. The van der Waals surface area contributed by atoms with Crippen molar-refractivity contribution in [3.8, 4) is 6.07 Å². The minimum absolute atomic E-state index is 0.00442. The van der Waals surface area contributed by atoms with Gasteiger partial charge in [0.05, 0.1) is 19.0 Å². The first kappa shape index (κ1) is 13.9. The second-order valence-corrected chi connectivity index (χ2v) is 4.72. The highest BCUT2D eigenvalue weighted by Gasteiger charge is 2.25. The van der Waals surface area contributed by atoms with E-state index in [1.807, 2.05) is 6.07 Å². The lowest BCUT2D eigenvalue weighted by Crippen LogP contribution is -2.48. The number of nitrogens with one attached hydrogen (secondary N) is 1. The summed E-state index contributed by atoms with van der Waals surface area (Å²) in [5, 5.41) is 11.1. The fraction of sp³-hybridized carbons (Fsp3) is 0.833. The van der Waals surface area contributed by atoms with E-state index < -0.39 is 0 Å². The van der Waals surface area contributed by atoms with Crippen molar-refractivity contribution in [2.24, 2.45) is 11.7 Å². The predicted molar refractivity (Wildman–Crippen MR) is 66.1 cm³/mol. The highest BCUT2D eigenvalue weighted by atomic mass is 16.2. The number of nitrogens with zero attached hydrogens (tertiary/aromatic N) is 2. The first-order valence-electron chi connectivity index (χ1n) is 6.25. The lowest BCUT2D eigenvalue weighted by Gasteiger charge is -2.37. The van der Waals surface area contributed by atoms with Gasteiger partial charge in [0.15, 0.2) is 0 Å². The first-order valence-corrected chi connectivity index (χ1v) is 6.25. The molecule has 0 spiro atoms. The Labute approximate surface area is 103 Å². The van der Waals surface area contributed by atoms with Gasteiger partial charge in [-0.3, -0.25) is 9.69 Å². The van der Waals surface area contributed by atoms with Gasteiger partial charge in [0.1, 0.15) is 0 Å². The molecule has 0 radical (unpaired) electrons. The Morgan fingerprint density at radius 2 is 2.35 bits per heavy atom. The third kappa shape index (κ3) is 4.72. The minimum Gasteiger partial charge on any atom is -0.354 e. The van der Waals surface area contributed by atoms with Crippen LogP contribution in [-0.2, 0) is 4.79 Å². The summed E-state index contributed by atoms with van der Waals surface area (Å²) < 4.78 is 0. The molecule has 2 atom stereocenters. The van der Waals surface area contributed by atoms with Crippen molar-refractivity contribution in [1.82, 2.24) is 10.2 Å². The zero-order chi connectivity index (χ0) is 12.7. The first-order chi connectivity index (χ1) is 8.17. The van der Waals surface area contributed by atoms with E-state index in [0.717, 1.165) is 19.4 Å². The van der Waals surface area contributed by atoms with Crippen molar-refractivity contribution in [1.29, 1.82) is 5.26 Å². The summed E-state index contributed by atoms with van der Waals surface area (Å²) in [4.78, 5) is 13.8. The summed E-state index contributed by atoms with van der Waals surface area (Å²) in [6.07, 6.45) is 2.63. The lowest BCUT2D eigenvalue weighted by atomic mass is 9.93. The third-order valence-corrected chi connectivity index (χ3v) is 3.35. The maximum Gasteiger partial charge on any atom is 0.234 e. The Morgan fingerprint density at radius 1 is 1.59 bits per heavy atom. The fourth-order valence-corrected chi connectivity index (χ4v) is 2.17. The number of carbonyl (C=O) groups excluding carboxylic acids is 1. The minimum atomic E-state index is 0.00442. The van der Waals surface area contributed by atoms with Gasteiger partial charge < -0.3 is 11.1 Å². The molecule has 0 aromatic carbocycles. The summed E-state index contributed by atoms with van der Waals surface area (Å²) in [6.45, 7) is 4.61. The number of likely N-dealkylation sites (tertiary alicyclic amines) is 1. The summed E-state index contributed by atoms with van der Waals surface area (Å²) in [5.74, 6) is 0.517. The van der Waals surface area contributed by atoms with Crippen LogP contribution in [0.15, 0.2) is 0 Å². The summed E-state index contributed by atoms with van der Waals surface area (Å²) in [7, 11) is 0. The predicted octanol–water partition coefficient (Wildman–Crippen LogP) is 0.0755. The number of amides is 1. The van der Waals surface area contributed by atoms with Gasteiger partial charge >= 0.3 is 0 Å². The maximum atomic E-state index is 11.6. The standard InChI is InChI=1S/C12H22N4O/c1-10-3-4-11(7-14)8-16(10)9-12(17)15-6-2-5-13/h10-11H,2-4,6-9,14H2,1H3,(H,15,17). The monoisotopic (exact) mass is 238 g/mol. The van der Waals surface area contributed by atoms with Gasteiger partial charge in [0, 0.05) is 19.1 Å². The molecule has 17 heavy (non-hydrogen) atoms. The molecule has 0 saturated carbocycles. The molecule has 3 N–H and O–H groups in total. The van der Waals surface area contributed by atoms with Gasteiger partial charge in [0.2, 0.25) is 5.91 Å². The fourth-order valence-electron chi connectivity index (χ4n) is 2.17. The zero-order valence-corrected chi connectivity index (χ0v) is 10.5. The van der Waals surface area contributed by atoms with Gasteiger partial charge in [-0.15, -0.1) is 0 Å². The van der Waals surface area contributed by atoms with Crippen molar-refractivity contribution in [2.75, 3.05) is 26.2 Å². The van der Waals surface area contributed by atoms with Gasteiger partial charge in [0.25, 0.3) is 0 Å². The van der Waals surface area contributed by atoms with Gasteiger partial charge in [-0.1, -0.05) is 0 Å². The second-order valence-electron chi connectivity index (χ2n) is 4.72. The van der Waals surface area contributed by atoms with E-state index in [4.69, 9.17) is 11.0 Å². The van der Waals surface area contributed by atoms with Crippen LogP contribution >= 0.6 is 0 Å². The normalized spacial score (nSPS) is 25.2. The van der Waals surface area contributed by atoms with E-state index in [2.05, 4.69) is 17.1 Å². The highest BCUT2D eigenvalue weighted by molar-refractivity contribution is 5.78. The van der Waals surface area contributed by atoms with Crippen molar-refractivity contribution >= 4 is 5.91 Å². The molecule has 0 aliphatic carbocycles. The third-order valence-electron chi connectivity index (χ3n) is 3.35. The molecule has 1 saturated heterocycles. The Balaban J connectivity index is 2.33. The van der Waals surface area contributed by atoms with Gasteiger partial charge in [-0.25, -0.2) is 0 Å². The Kier molecular flexibility index (Phi) is 5.95. The molecule has 1 aliphatic rings. The van der Waals surface area contributed by atoms with Crippen LogP contribution < -0.4 is 11.1 Å². The van der Waals surface area contributed by atoms with Crippen LogP contribution in [0.5, 0.6) is 0 Å². The molecule has 5 nitrogen and oxygen atoms in total. The smallest absolute Gasteiger partial charge is 0.234 e. The molecular weight excluding hydrogens is 216 g/mol. The number of hydrogen-bond donors (Lipinski definition) is 2. The van der Waals surface area contributed by atoms with Crippen LogP contribution in [0.25, 0.3) is 0 Å². The number of rotatable bonds is 5. The molecule has 1 heterocycles. The molecule has 1 amide bonds. The van der Waals surface area contributed by atoms with Crippen molar-refractivity contribution in [3.05, 3.63) is 0 Å².